The molecule has 0 saturated heterocycles. The Morgan fingerprint density at radius 2 is 2.14 bits per heavy atom. The Morgan fingerprint density at radius 1 is 1.71 bits per heavy atom. The molecule has 0 amide bonds. The second kappa shape index (κ2) is 2.53. The summed E-state index contributed by atoms with van der Waals surface area (Å²) < 4.78 is 0. The second-order valence-electron chi connectivity index (χ2n) is 1.35. The largest absolute Gasteiger partial charge is 0.292 e. The van der Waals surface area contributed by atoms with Crippen LogP contribution >= 0.6 is 0 Å². The molecular weight excluding hydrogens is 92.1 g/mol. The Kier molecular flexibility index (Phi) is 2.30. The lowest BCUT2D eigenvalue weighted by Gasteiger charge is -1.85. The molecule has 1 radical (unpaired) electrons. The highest BCUT2D eigenvalue weighted by Crippen LogP contribution is 1.85. The normalized spacial score (nSPS) is 8.29. The lowest BCUT2D eigenvalue weighted by Crippen LogP contribution is -2.01. The quantitative estimate of drug-likeness (QED) is 0.466. The van der Waals surface area contributed by atoms with Gasteiger partial charge in [0, 0.05) is 0 Å². The van der Waals surface area contributed by atoms with Gasteiger partial charge in [-0.2, -0.15) is 0 Å². The van der Waals surface area contributed by atoms with Gasteiger partial charge in [0.2, 0.25) is 0 Å². The third kappa shape index (κ3) is 2.11. The van der Waals surface area contributed by atoms with Crippen LogP contribution in [0.15, 0.2) is 12.2 Å². The first-order chi connectivity index (χ1) is 3.18. The van der Waals surface area contributed by atoms with E-state index in [9.17, 15) is 9.90 Å². The molecule has 0 aromatic rings. The fourth-order valence-electron chi connectivity index (χ4n) is 0.123. The summed E-state index contributed by atoms with van der Waals surface area (Å²) in [7, 11) is 0. The third-order valence-electron chi connectivity index (χ3n) is 0.607. The van der Waals surface area contributed by atoms with E-state index < -0.39 is 12.4 Å². The second-order valence-corrected chi connectivity index (χ2v) is 1.35. The van der Waals surface area contributed by atoms with Crippen molar-refractivity contribution >= 4 is 5.78 Å². The predicted molar refractivity (Wildman–Crippen MR) is 25.4 cm³/mol. The van der Waals surface area contributed by atoms with Gasteiger partial charge in [-0.25, -0.2) is 5.11 Å². The Bertz CT molecular complexity index is 94.3. The van der Waals surface area contributed by atoms with E-state index >= 15 is 0 Å². The average Bonchev–Trinajstić information content (AvgIpc) is 1.65. The zero-order valence-electron chi connectivity index (χ0n) is 4.23. The zero-order chi connectivity index (χ0) is 5.86. The van der Waals surface area contributed by atoms with Crippen molar-refractivity contribution in [3.05, 3.63) is 12.2 Å². The van der Waals surface area contributed by atoms with Crippen molar-refractivity contribution in [3.63, 3.8) is 0 Å². The fourth-order valence-corrected chi connectivity index (χ4v) is 0.123. The first-order valence-electron chi connectivity index (χ1n) is 1.95. The average molecular weight is 99.1 g/mol. The molecule has 0 rings (SSSR count). The van der Waals surface area contributed by atoms with Gasteiger partial charge in [-0.05, 0) is 12.5 Å². The minimum absolute atomic E-state index is 0.343. The Morgan fingerprint density at radius 3 is 2.14 bits per heavy atom. The summed E-state index contributed by atoms with van der Waals surface area (Å²) in [6.45, 7) is 4.13. The SMILES string of the molecule is C=C(C)C(=O)C[O]. The van der Waals surface area contributed by atoms with E-state index in [2.05, 4.69) is 6.58 Å². The highest BCUT2D eigenvalue weighted by Gasteiger charge is 1.96. The van der Waals surface area contributed by atoms with Crippen LogP contribution in [0.25, 0.3) is 0 Å². The smallest absolute Gasteiger partial charge is 0.186 e. The Hall–Kier alpha value is -0.630. The first kappa shape index (κ1) is 6.37. The Balaban J connectivity index is 3.58. The molecule has 39 valence electrons. The van der Waals surface area contributed by atoms with E-state index in [1.165, 1.54) is 6.92 Å². The third-order valence-corrected chi connectivity index (χ3v) is 0.607. The number of carbonyl (C=O) groups excluding carboxylic acids is 1. The van der Waals surface area contributed by atoms with E-state index in [-0.39, 0.29) is 0 Å². The van der Waals surface area contributed by atoms with Crippen LogP contribution in [-0.2, 0) is 9.90 Å². The van der Waals surface area contributed by atoms with Gasteiger partial charge in [0.15, 0.2) is 5.78 Å². The summed E-state index contributed by atoms with van der Waals surface area (Å²) >= 11 is 0. The van der Waals surface area contributed by atoms with Gasteiger partial charge >= 0.3 is 0 Å². The fraction of sp³-hybridized carbons (Fsp3) is 0.400. The number of hydrogen-bond acceptors (Lipinski definition) is 1. The van der Waals surface area contributed by atoms with Crippen LogP contribution in [0, 0.1) is 0 Å². The number of ketones is 1. The van der Waals surface area contributed by atoms with Crippen LogP contribution in [0.2, 0.25) is 0 Å². The van der Waals surface area contributed by atoms with Crippen LogP contribution in [-0.4, -0.2) is 12.4 Å². The minimum atomic E-state index is -0.671. The van der Waals surface area contributed by atoms with Gasteiger partial charge in [-0.1, -0.05) is 6.58 Å². The first-order valence-corrected chi connectivity index (χ1v) is 1.95. The van der Waals surface area contributed by atoms with Crippen LogP contribution in [0.3, 0.4) is 0 Å². The standard InChI is InChI=1S/C5H7O2/c1-4(2)5(7)3-6/h1,3H2,2H3. The lowest BCUT2D eigenvalue weighted by atomic mass is 10.2. The van der Waals surface area contributed by atoms with Crippen LogP contribution in [0.1, 0.15) is 6.92 Å². The zero-order valence-corrected chi connectivity index (χ0v) is 4.23. The maximum atomic E-state index is 10.1. The molecule has 2 heteroatoms. The summed E-state index contributed by atoms with van der Waals surface area (Å²) in [6, 6.07) is 0. The molecule has 0 unspecified atom stereocenters. The molecule has 0 saturated carbocycles. The molecule has 0 fully saturated rings. The molecule has 0 aromatic heterocycles. The van der Waals surface area contributed by atoms with Gasteiger partial charge in [-0.3, -0.25) is 4.79 Å². The molecular formula is C5H7O2. The molecule has 0 bridgehead atoms. The monoisotopic (exact) mass is 99.0 g/mol. The number of hydrogen-bond donors (Lipinski definition) is 0. The summed E-state index contributed by atoms with van der Waals surface area (Å²) in [5.41, 5.74) is 0.343. The molecule has 0 N–H and O–H groups in total. The number of carbonyl (C=O) groups is 1. The predicted octanol–water partition coefficient (Wildman–Crippen LogP) is 0.562. The Labute approximate surface area is 42.5 Å². The van der Waals surface area contributed by atoms with Crippen molar-refractivity contribution < 1.29 is 9.90 Å². The summed E-state index contributed by atoms with van der Waals surface area (Å²) in [5, 5.41) is 9.66. The van der Waals surface area contributed by atoms with E-state index in [0.717, 1.165) is 0 Å². The highest BCUT2D eigenvalue weighted by molar-refractivity contribution is 5.94. The van der Waals surface area contributed by atoms with E-state index in [1.54, 1.807) is 0 Å². The maximum absolute atomic E-state index is 10.1. The van der Waals surface area contributed by atoms with Crippen LogP contribution in [0.5, 0.6) is 0 Å². The molecule has 7 heavy (non-hydrogen) atoms. The topological polar surface area (TPSA) is 37.0 Å². The summed E-state index contributed by atoms with van der Waals surface area (Å²) in [4.78, 5) is 10.1. The minimum Gasteiger partial charge on any atom is -0.292 e. The number of Topliss-reactive ketones (excluding diaryl/α,β-unsaturated/α-hetero) is 1. The summed E-state index contributed by atoms with van der Waals surface area (Å²) in [5.74, 6) is -0.403. The molecule has 0 aliphatic carbocycles. The number of rotatable bonds is 2. The van der Waals surface area contributed by atoms with E-state index in [0.29, 0.717) is 5.57 Å². The van der Waals surface area contributed by atoms with E-state index in [4.69, 9.17) is 0 Å². The maximum Gasteiger partial charge on any atom is 0.186 e. The van der Waals surface area contributed by atoms with E-state index in [1.807, 2.05) is 0 Å². The van der Waals surface area contributed by atoms with Gasteiger partial charge < -0.3 is 0 Å². The van der Waals surface area contributed by atoms with Crippen LogP contribution in [0.4, 0.5) is 0 Å². The molecule has 0 aliphatic heterocycles. The highest BCUT2D eigenvalue weighted by atomic mass is 16.3. The molecule has 0 heterocycles. The van der Waals surface area contributed by atoms with Gasteiger partial charge in [0.05, 0.1) is 0 Å². The molecule has 0 aromatic carbocycles. The van der Waals surface area contributed by atoms with Crippen molar-refractivity contribution in [2.24, 2.45) is 0 Å². The van der Waals surface area contributed by atoms with Gasteiger partial charge in [-0.15, -0.1) is 0 Å². The lowest BCUT2D eigenvalue weighted by molar-refractivity contribution is -0.119. The molecule has 0 atom stereocenters. The van der Waals surface area contributed by atoms with Crippen molar-refractivity contribution in [2.45, 2.75) is 6.92 Å². The van der Waals surface area contributed by atoms with Crippen molar-refractivity contribution in [3.8, 4) is 0 Å². The molecule has 0 aliphatic rings. The van der Waals surface area contributed by atoms with Gasteiger partial charge in [0.1, 0.15) is 6.61 Å². The van der Waals surface area contributed by atoms with Crippen molar-refractivity contribution in [1.29, 1.82) is 0 Å². The molecule has 0 spiro atoms. The van der Waals surface area contributed by atoms with Gasteiger partial charge in [0.25, 0.3) is 0 Å². The van der Waals surface area contributed by atoms with Crippen molar-refractivity contribution in [1.82, 2.24) is 0 Å². The van der Waals surface area contributed by atoms with Crippen LogP contribution < -0.4 is 0 Å². The van der Waals surface area contributed by atoms with Crippen molar-refractivity contribution in [2.75, 3.05) is 6.61 Å². The molecule has 2 nitrogen and oxygen atoms in total. The summed E-state index contributed by atoms with van der Waals surface area (Å²) in [6.07, 6.45) is 0.